The number of ether oxygens (including phenoxy) is 1. The third-order valence-electron chi connectivity index (χ3n) is 4.41. The van der Waals surface area contributed by atoms with Crippen LogP contribution >= 0.6 is 0 Å². The Morgan fingerprint density at radius 2 is 1.88 bits per heavy atom. The standard InChI is InChI=1S/C15H29NO/c1-15(2)9-8-13(12-15)16-10-11-17-14-6-4-3-5-7-14/h13-14,16H,3-12H2,1-2H3. The van der Waals surface area contributed by atoms with Gasteiger partial charge in [-0.15, -0.1) is 0 Å². The van der Waals surface area contributed by atoms with E-state index < -0.39 is 0 Å². The molecule has 0 amide bonds. The zero-order chi connectivity index (χ0) is 12.1. The molecular formula is C15H29NO. The Labute approximate surface area is 107 Å². The molecule has 2 heteroatoms. The van der Waals surface area contributed by atoms with Crippen LogP contribution in [0.15, 0.2) is 0 Å². The Bertz CT molecular complexity index is 221. The molecule has 0 aromatic rings. The third-order valence-corrected chi connectivity index (χ3v) is 4.41. The number of rotatable bonds is 5. The van der Waals surface area contributed by atoms with Crippen molar-refractivity contribution in [3.63, 3.8) is 0 Å². The van der Waals surface area contributed by atoms with E-state index in [2.05, 4.69) is 19.2 Å². The molecule has 1 unspecified atom stereocenters. The van der Waals surface area contributed by atoms with Gasteiger partial charge in [0.1, 0.15) is 0 Å². The average Bonchev–Trinajstić information content (AvgIpc) is 2.66. The van der Waals surface area contributed by atoms with Gasteiger partial charge in [0.15, 0.2) is 0 Å². The van der Waals surface area contributed by atoms with Gasteiger partial charge in [0.05, 0.1) is 12.7 Å². The molecule has 0 heterocycles. The van der Waals surface area contributed by atoms with Gasteiger partial charge in [-0.25, -0.2) is 0 Å². The maximum atomic E-state index is 5.93. The highest BCUT2D eigenvalue weighted by Gasteiger charge is 2.30. The number of nitrogens with one attached hydrogen (secondary N) is 1. The minimum Gasteiger partial charge on any atom is -0.377 e. The minimum atomic E-state index is 0.557. The molecular weight excluding hydrogens is 210 g/mol. The molecule has 17 heavy (non-hydrogen) atoms. The van der Waals surface area contributed by atoms with Gasteiger partial charge in [-0.3, -0.25) is 0 Å². The largest absolute Gasteiger partial charge is 0.377 e. The van der Waals surface area contributed by atoms with Crippen LogP contribution in [0.1, 0.15) is 65.2 Å². The molecule has 2 nitrogen and oxygen atoms in total. The second kappa shape index (κ2) is 6.19. The topological polar surface area (TPSA) is 21.3 Å². The zero-order valence-electron chi connectivity index (χ0n) is 11.6. The first-order valence-electron chi connectivity index (χ1n) is 7.51. The molecule has 2 saturated carbocycles. The van der Waals surface area contributed by atoms with Crippen molar-refractivity contribution in [1.82, 2.24) is 5.32 Å². The van der Waals surface area contributed by atoms with E-state index in [9.17, 15) is 0 Å². The summed E-state index contributed by atoms with van der Waals surface area (Å²) in [5.41, 5.74) is 0.557. The second-order valence-electron chi connectivity index (χ2n) is 6.69. The van der Waals surface area contributed by atoms with Crippen molar-refractivity contribution in [2.45, 2.75) is 77.4 Å². The number of hydrogen-bond acceptors (Lipinski definition) is 2. The van der Waals surface area contributed by atoms with E-state index in [0.717, 1.165) is 19.2 Å². The normalized spacial score (nSPS) is 29.6. The molecule has 2 fully saturated rings. The summed E-state index contributed by atoms with van der Waals surface area (Å²) >= 11 is 0. The van der Waals surface area contributed by atoms with Crippen LogP contribution in [-0.2, 0) is 4.74 Å². The second-order valence-corrected chi connectivity index (χ2v) is 6.69. The van der Waals surface area contributed by atoms with Crippen molar-refractivity contribution in [3.05, 3.63) is 0 Å². The SMILES string of the molecule is CC1(C)CCC(NCCOC2CCCCC2)C1. The average molecular weight is 239 g/mol. The lowest BCUT2D eigenvalue weighted by atomic mass is 9.92. The lowest BCUT2D eigenvalue weighted by molar-refractivity contribution is 0.0293. The molecule has 2 aliphatic carbocycles. The highest BCUT2D eigenvalue weighted by Crippen LogP contribution is 2.36. The van der Waals surface area contributed by atoms with Crippen LogP contribution in [-0.4, -0.2) is 25.3 Å². The Hall–Kier alpha value is -0.0800. The fraction of sp³-hybridized carbons (Fsp3) is 1.00. The number of hydrogen-bond donors (Lipinski definition) is 1. The highest BCUT2D eigenvalue weighted by atomic mass is 16.5. The van der Waals surface area contributed by atoms with Crippen LogP contribution in [0.25, 0.3) is 0 Å². The van der Waals surface area contributed by atoms with E-state index in [1.165, 1.54) is 51.4 Å². The van der Waals surface area contributed by atoms with Gasteiger partial charge in [0.2, 0.25) is 0 Å². The molecule has 2 aliphatic rings. The van der Waals surface area contributed by atoms with E-state index in [4.69, 9.17) is 4.74 Å². The van der Waals surface area contributed by atoms with Crippen LogP contribution in [0.2, 0.25) is 0 Å². The lowest BCUT2D eigenvalue weighted by Gasteiger charge is -2.23. The van der Waals surface area contributed by atoms with Crippen LogP contribution in [0.5, 0.6) is 0 Å². The van der Waals surface area contributed by atoms with Crippen molar-refractivity contribution >= 4 is 0 Å². The van der Waals surface area contributed by atoms with Crippen molar-refractivity contribution in [3.8, 4) is 0 Å². The van der Waals surface area contributed by atoms with Crippen LogP contribution in [0, 0.1) is 5.41 Å². The van der Waals surface area contributed by atoms with E-state index in [0.29, 0.717) is 11.5 Å². The van der Waals surface area contributed by atoms with Gasteiger partial charge in [0, 0.05) is 12.6 Å². The summed E-state index contributed by atoms with van der Waals surface area (Å²) < 4.78 is 5.93. The molecule has 0 aromatic heterocycles. The van der Waals surface area contributed by atoms with Gasteiger partial charge in [-0.05, 0) is 37.5 Å². The fourth-order valence-corrected chi connectivity index (χ4v) is 3.33. The summed E-state index contributed by atoms with van der Waals surface area (Å²) in [4.78, 5) is 0. The lowest BCUT2D eigenvalue weighted by Crippen LogP contribution is -2.32. The zero-order valence-corrected chi connectivity index (χ0v) is 11.6. The predicted octanol–water partition coefficient (Wildman–Crippen LogP) is 3.50. The summed E-state index contributed by atoms with van der Waals surface area (Å²) in [6, 6.07) is 0.736. The van der Waals surface area contributed by atoms with Gasteiger partial charge >= 0.3 is 0 Å². The van der Waals surface area contributed by atoms with Crippen molar-refractivity contribution < 1.29 is 4.74 Å². The molecule has 0 bridgehead atoms. The monoisotopic (exact) mass is 239 g/mol. The molecule has 0 aliphatic heterocycles. The first-order chi connectivity index (χ1) is 8.16. The molecule has 0 spiro atoms. The first kappa shape index (κ1) is 13.4. The maximum Gasteiger partial charge on any atom is 0.0594 e. The summed E-state index contributed by atoms with van der Waals surface area (Å²) in [5, 5.41) is 3.65. The molecule has 2 rings (SSSR count). The smallest absolute Gasteiger partial charge is 0.0594 e. The van der Waals surface area contributed by atoms with Gasteiger partial charge < -0.3 is 10.1 Å². The van der Waals surface area contributed by atoms with E-state index >= 15 is 0 Å². The van der Waals surface area contributed by atoms with Crippen LogP contribution in [0.3, 0.4) is 0 Å². The summed E-state index contributed by atoms with van der Waals surface area (Å²) in [5.74, 6) is 0. The maximum absolute atomic E-state index is 5.93. The molecule has 1 atom stereocenters. The fourth-order valence-electron chi connectivity index (χ4n) is 3.33. The van der Waals surface area contributed by atoms with Crippen LogP contribution < -0.4 is 5.32 Å². The van der Waals surface area contributed by atoms with Gasteiger partial charge in [-0.2, -0.15) is 0 Å². The Morgan fingerprint density at radius 3 is 2.53 bits per heavy atom. The van der Waals surface area contributed by atoms with Crippen molar-refractivity contribution in [2.75, 3.05) is 13.2 Å². The van der Waals surface area contributed by atoms with Gasteiger partial charge in [0.25, 0.3) is 0 Å². The predicted molar refractivity (Wildman–Crippen MR) is 72.2 cm³/mol. The quantitative estimate of drug-likeness (QED) is 0.741. The summed E-state index contributed by atoms with van der Waals surface area (Å²) in [7, 11) is 0. The van der Waals surface area contributed by atoms with E-state index in [1.54, 1.807) is 0 Å². The molecule has 0 radical (unpaired) electrons. The Morgan fingerprint density at radius 1 is 1.12 bits per heavy atom. The van der Waals surface area contributed by atoms with E-state index in [-0.39, 0.29) is 0 Å². The molecule has 100 valence electrons. The molecule has 1 N–H and O–H groups in total. The van der Waals surface area contributed by atoms with Crippen molar-refractivity contribution in [1.29, 1.82) is 0 Å². The highest BCUT2D eigenvalue weighted by molar-refractivity contribution is 4.86. The van der Waals surface area contributed by atoms with Gasteiger partial charge in [-0.1, -0.05) is 33.1 Å². The Kier molecular flexibility index (Phi) is 4.87. The Balaban J connectivity index is 1.51. The third kappa shape index (κ3) is 4.59. The molecule has 0 aromatic carbocycles. The van der Waals surface area contributed by atoms with Crippen molar-refractivity contribution in [2.24, 2.45) is 5.41 Å². The van der Waals surface area contributed by atoms with Crippen LogP contribution in [0.4, 0.5) is 0 Å². The summed E-state index contributed by atoms with van der Waals surface area (Å²) in [6.45, 7) is 6.71. The van der Waals surface area contributed by atoms with E-state index in [1.807, 2.05) is 0 Å². The molecule has 0 saturated heterocycles. The first-order valence-corrected chi connectivity index (χ1v) is 7.51. The minimum absolute atomic E-state index is 0.557. The summed E-state index contributed by atoms with van der Waals surface area (Å²) in [6.07, 6.45) is 11.3.